The molecule has 16 aromatic rings. The molecule has 0 saturated carbocycles. The number of amides is 2. The maximum absolute atomic E-state index is 13.7. The van der Waals surface area contributed by atoms with Gasteiger partial charge in [0.2, 0.25) is 0 Å². The molecular weight excluding hydrogens is 1820 g/mol. The van der Waals surface area contributed by atoms with Gasteiger partial charge < -0.3 is 75.8 Å². The number of carbonyl (C=O) groups is 6. The van der Waals surface area contributed by atoms with E-state index in [1.54, 1.807) is 104 Å². The number of nitrogen functional groups attached to an aromatic ring is 2. The van der Waals surface area contributed by atoms with E-state index in [1.807, 2.05) is 136 Å². The Morgan fingerprint density at radius 2 is 0.727 bits per heavy atom. The second-order valence-electron chi connectivity index (χ2n) is 37.8. The lowest BCUT2D eigenvalue weighted by atomic mass is 9.81. The number of aromatic amines is 3. The molecule has 4 saturated heterocycles. The number of imidazole rings is 3. The second kappa shape index (κ2) is 46.4. The summed E-state index contributed by atoms with van der Waals surface area (Å²) in [5.41, 5.74) is 28.1. The molecule has 6 aromatic heterocycles. The molecule has 4 fully saturated rings. The van der Waals surface area contributed by atoms with E-state index < -0.39 is 23.1 Å². The van der Waals surface area contributed by atoms with Crippen LogP contribution in [0.4, 0.5) is 24.5 Å². The highest BCUT2D eigenvalue weighted by atomic mass is 19.1. The molecule has 0 radical (unpaired) electrons. The number of ether oxygens (including phenoxy) is 3. The summed E-state index contributed by atoms with van der Waals surface area (Å²) in [5, 5.41) is 30.4. The molecule has 0 atom stereocenters. The van der Waals surface area contributed by atoms with Gasteiger partial charge in [-0.05, 0) is 282 Å². The monoisotopic (exact) mass is 1940 g/mol. The first-order valence-electron chi connectivity index (χ1n) is 47.9. The molecule has 0 aliphatic carbocycles. The number of aryl methyl sites for hydroxylation is 3. The van der Waals surface area contributed by atoms with Crippen LogP contribution in [0.2, 0.25) is 6.82 Å². The maximum atomic E-state index is 13.7. The predicted molar refractivity (Wildman–Crippen MR) is 546 cm³/mol. The number of carboxylic acids is 2. The zero-order chi connectivity index (χ0) is 101. The van der Waals surface area contributed by atoms with Crippen LogP contribution in [0.3, 0.4) is 0 Å². The summed E-state index contributed by atoms with van der Waals surface area (Å²) in [6.07, 6.45) is 6.43. The number of likely N-dealkylation sites (tertiary alicyclic amines) is 2. The Bertz CT molecular complexity index is 7080. The van der Waals surface area contributed by atoms with E-state index in [1.165, 1.54) is 48.5 Å². The lowest BCUT2D eigenvalue weighted by Gasteiger charge is -2.38. The number of benzene rings is 10. The molecule has 20 rings (SSSR count). The van der Waals surface area contributed by atoms with E-state index in [2.05, 4.69) is 51.3 Å². The van der Waals surface area contributed by atoms with Gasteiger partial charge in [0.1, 0.15) is 46.1 Å². The molecular formula is C109H116BF3N18O12. The van der Waals surface area contributed by atoms with Crippen molar-refractivity contribution >= 4 is 120 Å². The largest absolute Gasteiger partial charge is 0.481 e. The highest BCUT2D eigenvalue weighted by Crippen LogP contribution is 2.36. The molecule has 4 aliphatic rings. The van der Waals surface area contributed by atoms with Crippen LogP contribution in [-0.2, 0) is 47.9 Å². The topological polar surface area (TPSA) is 428 Å². The van der Waals surface area contributed by atoms with E-state index >= 15 is 0 Å². The number of unbranched alkanes of at least 4 members (excludes halogenated alkanes) is 3. The third-order valence-electron chi connectivity index (χ3n) is 24.5. The fraction of sp³-hybridized carbons (Fsp3) is 0.312. The first-order chi connectivity index (χ1) is 68.7. The molecule has 738 valence electrons. The maximum Gasteiger partial charge on any atom is 0.376 e. The van der Waals surface area contributed by atoms with Gasteiger partial charge in [0.05, 0.1) is 135 Å². The Kier molecular flexibility index (Phi) is 33.2. The van der Waals surface area contributed by atoms with Crippen LogP contribution < -0.4 is 16.8 Å². The van der Waals surface area contributed by atoms with Gasteiger partial charge in [-0.15, -0.1) is 0 Å². The number of H-pyrrole nitrogens is 3. The van der Waals surface area contributed by atoms with E-state index in [0.29, 0.717) is 193 Å². The molecule has 34 heteroatoms. The Balaban J connectivity index is 0.000000141. The number of aromatic nitrogens is 12. The summed E-state index contributed by atoms with van der Waals surface area (Å²) >= 11 is 0. The van der Waals surface area contributed by atoms with Crippen molar-refractivity contribution in [1.29, 1.82) is 0 Å². The minimum atomic E-state index is -1.04. The zero-order valence-corrected chi connectivity index (χ0v) is 81.1. The number of nitrogens with zero attached hydrogens (tertiary/aromatic N) is 12. The normalized spacial score (nSPS) is 13.8. The van der Waals surface area contributed by atoms with Crippen molar-refractivity contribution in [3.8, 4) is 33.8 Å². The van der Waals surface area contributed by atoms with Crippen molar-refractivity contribution < 1.29 is 71.4 Å². The van der Waals surface area contributed by atoms with Gasteiger partial charge in [-0.25, -0.2) is 62.8 Å². The number of aromatic carboxylic acids is 1. The van der Waals surface area contributed by atoms with Crippen molar-refractivity contribution in [2.45, 2.75) is 160 Å². The number of rotatable bonds is 26. The lowest BCUT2D eigenvalue weighted by Crippen LogP contribution is -2.57. The summed E-state index contributed by atoms with van der Waals surface area (Å²) in [4.78, 5) is 131. The third-order valence-corrected chi connectivity index (χ3v) is 24.5. The zero-order valence-electron chi connectivity index (χ0n) is 81.1. The predicted octanol–water partition coefficient (Wildman–Crippen LogP) is 18.7. The van der Waals surface area contributed by atoms with Crippen molar-refractivity contribution in [2.75, 3.05) is 70.9 Å². The number of para-hydroxylation sites is 8. The van der Waals surface area contributed by atoms with Gasteiger partial charge >= 0.3 is 30.9 Å². The van der Waals surface area contributed by atoms with Crippen molar-refractivity contribution in [1.82, 2.24) is 79.7 Å². The number of esters is 2. The van der Waals surface area contributed by atoms with Gasteiger partial charge in [0.15, 0.2) is 0 Å². The number of carboxylic acid groups (broad SMARTS) is 2. The molecule has 10 aromatic carbocycles. The van der Waals surface area contributed by atoms with Gasteiger partial charge in [-0.3, -0.25) is 24.0 Å². The van der Waals surface area contributed by atoms with Gasteiger partial charge in [-0.1, -0.05) is 48.5 Å². The van der Waals surface area contributed by atoms with E-state index in [0.717, 1.165) is 99.1 Å². The average Bonchev–Trinajstić information content (AvgIpc) is 1.74. The third kappa shape index (κ3) is 27.3. The fourth-order valence-electron chi connectivity index (χ4n) is 16.6. The Morgan fingerprint density at radius 1 is 0.399 bits per heavy atom. The van der Waals surface area contributed by atoms with Crippen LogP contribution in [0.5, 0.6) is 0 Å². The number of halogens is 3. The first kappa shape index (κ1) is 102. The smallest absolute Gasteiger partial charge is 0.376 e. The van der Waals surface area contributed by atoms with Crippen LogP contribution in [0.25, 0.3) is 100.0 Å². The summed E-state index contributed by atoms with van der Waals surface area (Å²) in [5.74, 6) is 0.350. The lowest BCUT2D eigenvalue weighted by molar-refractivity contribution is -0.156. The minimum absolute atomic E-state index is 0.0578. The highest BCUT2D eigenvalue weighted by molar-refractivity contribution is 6.45. The van der Waals surface area contributed by atoms with Crippen LogP contribution in [0.1, 0.15) is 183 Å². The van der Waals surface area contributed by atoms with Crippen molar-refractivity contribution in [3.05, 3.63) is 293 Å². The summed E-state index contributed by atoms with van der Waals surface area (Å²) in [7, 11) is 1.39. The van der Waals surface area contributed by atoms with Crippen LogP contribution >= 0.6 is 0 Å². The van der Waals surface area contributed by atoms with Crippen molar-refractivity contribution in [3.63, 3.8) is 0 Å². The highest BCUT2D eigenvalue weighted by Gasteiger charge is 2.37. The summed E-state index contributed by atoms with van der Waals surface area (Å²) in [6.45, 7) is 19.0. The molecule has 4 aliphatic heterocycles. The van der Waals surface area contributed by atoms with Crippen molar-refractivity contribution in [2.24, 2.45) is 0 Å². The fourth-order valence-corrected chi connectivity index (χ4v) is 16.6. The van der Waals surface area contributed by atoms with Gasteiger partial charge in [0.25, 0.3) is 11.8 Å². The number of methoxy groups -OCH3 is 1. The number of hydrogen-bond acceptors (Lipinski definition) is 23. The number of anilines is 2. The Hall–Kier alpha value is -15.3. The van der Waals surface area contributed by atoms with E-state index in [4.69, 9.17) is 55.7 Å². The number of hydrogen-bond donors (Lipinski definition) is 9. The number of fused-ring (bicyclic) bond motifs is 6. The standard InChI is InChI=1S/C34H34FN5O3.C30H26FN5O3.C24H25FN2O4.C10H11N3.C6H8N2.C5H12BNO2/c1-34(2,3)43-30(41)11-7-6-10-28-31(21-12-15-24(35)16-13-21)37-27-17-14-22(18-29(27)36-28)33(42)40-19-23(20-40)32-38-25-8-4-5-9-26(25)39-32;31-21-12-9-18(10-13-21)28-25(7-3-4-8-27(37)38)32-26-15-19(11-14-24(26)33-28)30(39)36-16-20(17-36)29-34-22-5-1-2-6-23(22)35-29;1-24(2,3)31-21(28)7-5-4-6-19-22(15-8-11-17(25)12-9-15)27-18-13-10-16(23(29)30)14-20(18)26-19;1-2-4-9-8(3-1)12-10(13-9)7-5-11-6-7;7-5-3-1-2-4-6(5)8;1-6(8)7-3-5(4-7)9-2/h4-5,8-9,12-18,23H,6-7,10-11,19-20H2,1-3H3,(H,38,39);1-2,5-6,9-15,20H,3-4,7-8,16-17H2,(H,34,35)(H,37,38);8-14H,4-7H2,1-3H3,(H,29,30);1-4,7,11H,5-6H2,(H,12,13);1-4H,7-8H2;5,8H,3-4H2,1-2H3. The molecule has 0 bridgehead atoms. The SMILES string of the molecule is CC(C)(C)OC(=O)CCCCc1nc2cc(C(=O)N3CC(c4nc5ccccc5[nH]4)C3)ccc2nc1-c1ccc(F)cc1.CC(C)(C)OC(=O)CCCCc1nc2cc(C(=O)O)ccc2nc1-c1ccc(F)cc1.COC1CN(B(C)O)C1.Nc1ccccc1N.O=C(O)CCCCc1nc2cc(C(=O)N3CC(c4nc5ccccc5[nH]4)C3)ccc2nc1-c1ccc(F)cc1.c1ccc2[nH]c(C3CNC3)nc2c1. The average molecular weight is 1940 g/mol. The number of nitrogens with one attached hydrogen (secondary N) is 4. The number of nitrogens with two attached hydrogens (primary N) is 2. The van der Waals surface area contributed by atoms with E-state index in [9.17, 15) is 47.0 Å². The van der Waals surface area contributed by atoms with Gasteiger partial charge in [0, 0.05) is 112 Å². The minimum Gasteiger partial charge on any atom is -0.481 e. The number of carbonyl (C=O) groups excluding carboxylic acids is 4. The van der Waals surface area contributed by atoms with Crippen LogP contribution in [-0.4, -0.2) is 209 Å². The van der Waals surface area contributed by atoms with E-state index in [-0.39, 0.29) is 72.1 Å². The quantitative estimate of drug-likeness (QED) is 0.0105. The molecule has 0 unspecified atom stereocenters. The molecule has 10 heterocycles. The first-order valence-corrected chi connectivity index (χ1v) is 47.9. The van der Waals surface area contributed by atoms with Gasteiger partial charge in [-0.2, -0.15) is 0 Å². The molecule has 2 amide bonds. The molecule has 143 heavy (non-hydrogen) atoms. The number of aliphatic carboxylic acids is 1. The van der Waals surface area contributed by atoms with Crippen LogP contribution in [0.15, 0.2) is 224 Å². The molecule has 30 nitrogen and oxygen atoms in total. The Morgan fingerprint density at radius 3 is 1.03 bits per heavy atom. The summed E-state index contributed by atoms with van der Waals surface area (Å²) in [6, 6.07) is 64.7. The molecule has 11 N–H and O–H groups in total. The summed E-state index contributed by atoms with van der Waals surface area (Å²) < 4.78 is 56.3. The second-order valence-corrected chi connectivity index (χ2v) is 37.8. The van der Waals surface area contributed by atoms with Crippen LogP contribution in [0, 0.1) is 17.5 Å². The molecule has 0 spiro atoms. The Labute approximate surface area is 825 Å².